The monoisotopic (exact) mass is 176 g/mol. The molecule has 1 rings (SSSR count). The molecule has 0 aromatic rings. The van der Waals surface area contributed by atoms with Gasteiger partial charge in [-0.25, -0.2) is 0 Å². The normalized spacial score (nSPS) is 23.1. The van der Waals surface area contributed by atoms with Crippen molar-refractivity contribution < 1.29 is 0 Å². The Morgan fingerprint density at radius 2 is 2.45 bits per heavy atom. The first-order chi connectivity index (χ1) is 4.93. The van der Waals surface area contributed by atoms with Gasteiger partial charge in [-0.1, -0.05) is 5.11 Å². The van der Waals surface area contributed by atoms with Crippen LogP contribution in [-0.2, 0) is 0 Å². The van der Waals surface area contributed by atoms with Crippen LogP contribution in [0, 0.1) is 5.92 Å². The topological polar surface area (TPSA) is 60.8 Å². The van der Waals surface area contributed by atoms with Crippen molar-refractivity contribution in [2.24, 2.45) is 11.0 Å². The van der Waals surface area contributed by atoms with Gasteiger partial charge in [-0.3, -0.25) is 0 Å². The molecule has 1 saturated heterocycles. The summed E-state index contributed by atoms with van der Waals surface area (Å²) >= 11 is 0. The molecule has 1 heterocycles. The van der Waals surface area contributed by atoms with E-state index in [1.807, 2.05) is 0 Å². The van der Waals surface area contributed by atoms with Crippen LogP contribution < -0.4 is 5.32 Å². The minimum absolute atomic E-state index is 0. The average Bonchev–Trinajstić information content (AvgIpc) is 2.03. The third-order valence-electron chi connectivity index (χ3n) is 1.80. The van der Waals surface area contributed by atoms with E-state index in [0.29, 0.717) is 12.5 Å². The highest BCUT2D eigenvalue weighted by atomic mass is 35.5. The Bertz CT molecular complexity index is 138. The van der Waals surface area contributed by atoms with E-state index in [1.165, 1.54) is 12.8 Å². The number of rotatable bonds is 2. The van der Waals surface area contributed by atoms with E-state index >= 15 is 0 Å². The second-order valence-electron chi connectivity index (χ2n) is 2.63. The number of hydrogen-bond acceptors (Lipinski definition) is 2. The van der Waals surface area contributed by atoms with Crippen molar-refractivity contribution in [3.05, 3.63) is 10.4 Å². The molecule has 0 aromatic heterocycles. The molecule has 0 unspecified atom stereocenters. The van der Waals surface area contributed by atoms with Crippen molar-refractivity contribution in [3.63, 3.8) is 0 Å². The number of nitrogens with one attached hydrogen (secondary N) is 1. The summed E-state index contributed by atoms with van der Waals surface area (Å²) in [6.45, 7) is 2.79. The molecule has 0 bridgehead atoms. The average molecular weight is 177 g/mol. The van der Waals surface area contributed by atoms with E-state index in [9.17, 15) is 0 Å². The first-order valence-electron chi connectivity index (χ1n) is 3.65. The maximum absolute atomic E-state index is 8.03. The van der Waals surface area contributed by atoms with Gasteiger partial charge in [-0.15, -0.1) is 12.4 Å². The number of piperidine rings is 1. The summed E-state index contributed by atoms with van der Waals surface area (Å²) in [6, 6.07) is 0. The fourth-order valence-corrected chi connectivity index (χ4v) is 1.23. The Kier molecular flexibility index (Phi) is 6.03. The van der Waals surface area contributed by atoms with Gasteiger partial charge in [-0.05, 0) is 37.4 Å². The summed E-state index contributed by atoms with van der Waals surface area (Å²) in [4.78, 5) is 2.73. The van der Waals surface area contributed by atoms with Gasteiger partial charge in [0, 0.05) is 11.5 Å². The molecule has 0 saturated carbocycles. The molecule has 0 spiro atoms. The number of hydrogen-bond donors (Lipinski definition) is 1. The minimum atomic E-state index is 0. The van der Waals surface area contributed by atoms with Gasteiger partial charge in [0.2, 0.25) is 0 Å². The predicted molar refractivity (Wildman–Crippen MR) is 46.9 cm³/mol. The molecule has 64 valence electrons. The summed E-state index contributed by atoms with van der Waals surface area (Å²) in [7, 11) is 0. The van der Waals surface area contributed by atoms with E-state index in [-0.39, 0.29) is 12.4 Å². The number of nitrogens with zero attached hydrogens (tertiary/aromatic N) is 3. The van der Waals surface area contributed by atoms with Crippen molar-refractivity contribution >= 4 is 12.4 Å². The van der Waals surface area contributed by atoms with Crippen molar-refractivity contribution in [2.75, 3.05) is 19.6 Å². The molecule has 0 aromatic carbocycles. The molecule has 4 nitrogen and oxygen atoms in total. The van der Waals surface area contributed by atoms with E-state index in [2.05, 4.69) is 15.3 Å². The van der Waals surface area contributed by atoms with E-state index in [4.69, 9.17) is 5.53 Å². The summed E-state index contributed by atoms with van der Waals surface area (Å²) in [5, 5.41) is 6.80. The van der Waals surface area contributed by atoms with Crippen LogP contribution in [0.3, 0.4) is 0 Å². The maximum atomic E-state index is 8.03. The molecule has 1 fully saturated rings. The second-order valence-corrected chi connectivity index (χ2v) is 2.63. The number of azide groups is 1. The third-order valence-corrected chi connectivity index (χ3v) is 1.80. The molecule has 1 aliphatic heterocycles. The molecule has 5 heteroatoms. The van der Waals surface area contributed by atoms with Gasteiger partial charge in [0.15, 0.2) is 0 Å². The third kappa shape index (κ3) is 4.09. The van der Waals surface area contributed by atoms with Gasteiger partial charge in [-0.2, -0.15) is 0 Å². The summed E-state index contributed by atoms with van der Waals surface area (Å²) in [5.74, 6) is 0.574. The zero-order chi connectivity index (χ0) is 7.23. The van der Waals surface area contributed by atoms with Crippen molar-refractivity contribution in [2.45, 2.75) is 12.8 Å². The van der Waals surface area contributed by atoms with Crippen molar-refractivity contribution in [3.8, 4) is 0 Å². The van der Waals surface area contributed by atoms with Crippen molar-refractivity contribution in [1.29, 1.82) is 0 Å². The maximum Gasteiger partial charge on any atom is 0.0298 e. The van der Waals surface area contributed by atoms with Crippen LogP contribution in [0.25, 0.3) is 10.4 Å². The van der Waals surface area contributed by atoms with Gasteiger partial charge >= 0.3 is 0 Å². The van der Waals surface area contributed by atoms with Crippen LogP contribution in [0.1, 0.15) is 12.8 Å². The van der Waals surface area contributed by atoms with Gasteiger partial charge in [0.05, 0.1) is 0 Å². The molecule has 11 heavy (non-hydrogen) atoms. The van der Waals surface area contributed by atoms with Crippen LogP contribution in [-0.4, -0.2) is 19.6 Å². The van der Waals surface area contributed by atoms with Gasteiger partial charge < -0.3 is 5.32 Å². The fraction of sp³-hybridized carbons (Fsp3) is 1.00. The van der Waals surface area contributed by atoms with E-state index in [0.717, 1.165) is 13.1 Å². The largest absolute Gasteiger partial charge is 0.316 e. The Hall–Kier alpha value is -0.440. The summed E-state index contributed by atoms with van der Waals surface area (Å²) < 4.78 is 0. The van der Waals surface area contributed by atoms with Crippen LogP contribution >= 0.6 is 12.4 Å². The molecule has 0 radical (unpaired) electrons. The minimum Gasteiger partial charge on any atom is -0.316 e. The molecule has 1 atom stereocenters. The molecule has 0 aliphatic carbocycles. The lowest BCUT2D eigenvalue weighted by molar-refractivity contribution is 0.385. The lowest BCUT2D eigenvalue weighted by atomic mass is 10.0. The standard InChI is InChI=1S/C6H12N4.ClH/c7-10-9-5-6-2-1-3-8-4-6;/h6,8H,1-5H2;1H/t6-;/m0./s1. The smallest absolute Gasteiger partial charge is 0.0298 e. The first kappa shape index (κ1) is 10.6. The van der Waals surface area contributed by atoms with E-state index in [1.54, 1.807) is 0 Å². The summed E-state index contributed by atoms with van der Waals surface area (Å²) in [6.07, 6.45) is 2.41. The highest BCUT2D eigenvalue weighted by Crippen LogP contribution is 2.09. The second kappa shape index (κ2) is 6.28. The fourth-order valence-electron chi connectivity index (χ4n) is 1.23. The highest BCUT2D eigenvalue weighted by Gasteiger charge is 2.10. The molecule has 1 aliphatic rings. The lowest BCUT2D eigenvalue weighted by Gasteiger charge is -2.20. The Morgan fingerprint density at radius 3 is 3.00 bits per heavy atom. The molecule has 1 N–H and O–H groups in total. The molecular weight excluding hydrogens is 164 g/mol. The molecule has 0 amide bonds. The summed E-state index contributed by atoms with van der Waals surface area (Å²) in [5.41, 5.74) is 8.03. The Morgan fingerprint density at radius 1 is 1.64 bits per heavy atom. The molecular formula is C6H13ClN4. The van der Waals surface area contributed by atoms with Crippen molar-refractivity contribution in [1.82, 2.24) is 5.32 Å². The SMILES string of the molecule is Cl.[N-]=[N+]=NC[C@H]1CCCNC1. The van der Waals surface area contributed by atoms with Crippen LogP contribution in [0.15, 0.2) is 5.11 Å². The zero-order valence-corrected chi connectivity index (χ0v) is 7.18. The highest BCUT2D eigenvalue weighted by molar-refractivity contribution is 5.85. The Balaban J connectivity index is 0.000001000. The predicted octanol–water partition coefficient (Wildman–Crippen LogP) is 1.72. The zero-order valence-electron chi connectivity index (χ0n) is 6.36. The van der Waals surface area contributed by atoms with Crippen LogP contribution in [0.2, 0.25) is 0 Å². The van der Waals surface area contributed by atoms with Gasteiger partial charge in [0.25, 0.3) is 0 Å². The quantitative estimate of drug-likeness (QED) is 0.389. The Labute approximate surface area is 72.4 Å². The number of halogens is 1. The first-order valence-corrected chi connectivity index (χ1v) is 3.65. The van der Waals surface area contributed by atoms with Crippen LogP contribution in [0.5, 0.6) is 0 Å². The lowest BCUT2D eigenvalue weighted by Crippen LogP contribution is -2.31. The van der Waals surface area contributed by atoms with Crippen LogP contribution in [0.4, 0.5) is 0 Å². The van der Waals surface area contributed by atoms with Gasteiger partial charge in [0.1, 0.15) is 0 Å². The van der Waals surface area contributed by atoms with E-state index < -0.39 is 0 Å².